The standard InChI is InChI=1S/C18H11Cl2NO5/c19-12-6-5-11(7-13(12)20)17-21-14(18(24)26-17)8-10-3-1-2-4-15(10)25-9-16(22)23/h1-8H,9H2,(H,22,23)/b14-8-. The first kappa shape index (κ1) is 18.0. The van der Waals surface area contributed by atoms with Crippen molar-refractivity contribution >= 4 is 47.1 Å². The maximum Gasteiger partial charge on any atom is 0.363 e. The summed E-state index contributed by atoms with van der Waals surface area (Å²) in [4.78, 5) is 26.9. The van der Waals surface area contributed by atoms with E-state index in [1.165, 1.54) is 6.08 Å². The molecule has 0 spiro atoms. The lowest BCUT2D eigenvalue weighted by atomic mass is 10.1. The van der Waals surface area contributed by atoms with Gasteiger partial charge in [0.25, 0.3) is 0 Å². The predicted molar refractivity (Wildman–Crippen MR) is 96.6 cm³/mol. The fraction of sp³-hybridized carbons (Fsp3) is 0.0556. The number of aliphatic imine (C=N–C) groups is 1. The van der Waals surface area contributed by atoms with Crippen LogP contribution in [0.15, 0.2) is 53.2 Å². The normalized spacial score (nSPS) is 14.9. The van der Waals surface area contributed by atoms with E-state index in [4.69, 9.17) is 37.8 Å². The Morgan fingerprint density at radius 2 is 1.96 bits per heavy atom. The summed E-state index contributed by atoms with van der Waals surface area (Å²) in [5.74, 6) is -1.33. The van der Waals surface area contributed by atoms with Crippen molar-refractivity contribution in [3.05, 3.63) is 69.3 Å². The monoisotopic (exact) mass is 391 g/mol. The van der Waals surface area contributed by atoms with E-state index in [-0.39, 0.29) is 11.6 Å². The predicted octanol–water partition coefficient (Wildman–Crippen LogP) is 3.80. The molecule has 0 aliphatic carbocycles. The van der Waals surface area contributed by atoms with Gasteiger partial charge in [0.1, 0.15) is 5.75 Å². The number of carbonyl (C=O) groups excluding carboxylic acids is 1. The Morgan fingerprint density at radius 1 is 1.19 bits per heavy atom. The molecule has 2 aromatic carbocycles. The minimum atomic E-state index is -1.10. The van der Waals surface area contributed by atoms with Crippen molar-refractivity contribution in [3.63, 3.8) is 0 Å². The molecule has 0 aromatic heterocycles. The molecule has 132 valence electrons. The van der Waals surface area contributed by atoms with Crippen molar-refractivity contribution in [3.8, 4) is 5.75 Å². The van der Waals surface area contributed by atoms with Crippen LogP contribution in [0.1, 0.15) is 11.1 Å². The molecule has 0 saturated carbocycles. The molecule has 1 N–H and O–H groups in total. The number of esters is 1. The highest BCUT2D eigenvalue weighted by molar-refractivity contribution is 6.42. The topological polar surface area (TPSA) is 85.2 Å². The van der Waals surface area contributed by atoms with E-state index in [9.17, 15) is 9.59 Å². The number of cyclic esters (lactones) is 1. The van der Waals surface area contributed by atoms with E-state index >= 15 is 0 Å². The lowest BCUT2D eigenvalue weighted by Gasteiger charge is -2.06. The number of hydrogen-bond acceptors (Lipinski definition) is 5. The molecule has 0 fully saturated rings. The van der Waals surface area contributed by atoms with Gasteiger partial charge in [-0.05, 0) is 30.3 Å². The van der Waals surface area contributed by atoms with E-state index in [1.807, 2.05) is 0 Å². The Bertz CT molecular complexity index is 952. The van der Waals surface area contributed by atoms with Gasteiger partial charge < -0.3 is 14.6 Å². The number of carboxylic acids is 1. The van der Waals surface area contributed by atoms with E-state index in [1.54, 1.807) is 42.5 Å². The largest absolute Gasteiger partial charge is 0.481 e. The van der Waals surface area contributed by atoms with Crippen molar-refractivity contribution in [1.29, 1.82) is 0 Å². The van der Waals surface area contributed by atoms with E-state index in [0.29, 0.717) is 26.9 Å². The zero-order valence-corrected chi connectivity index (χ0v) is 14.6. The van der Waals surface area contributed by atoms with Crippen LogP contribution in [-0.2, 0) is 14.3 Å². The molecule has 1 aliphatic rings. The number of nitrogens with zero attached hydrogens (tertiary/aromatic N) is 1. The molecule has 0 amide bonds. The van der Waals surface area contributed by atoms with Gasteiger partial charge >= 0.3 is 11.9 Å². The average Bonchev–Trinajstić information content (AvgIpc) is 2.97. The molecule has 0 bridgehead atoms. The maximum atomic E-state index is 12.1. The lowest BCUT2D eigenvalue weighted by Crippen LogP contribution is -2.10. The van der Waals surface area contributed by atoms with Crippen LogP contribution in [0, 0.1) is 0 Å². The SMILES string of the molecule is O=C(O)COc1ccccc1/C=C1\N=C(c2ccc(Cl)c(Cl)c2)OC1=O. The van der Waals surface area contributed by atoms with Crippen LogP contribution in [0.5, 0.6) is 5.75 Å². The van der Waals surface area contributed by atoms with Crippen molar-refractivity contribution in [2.75, 3.05) is 6.61 Å². The van der Waals surface area contributed by atoms with Crippen LogP contribution < -0.4 is 4.74 Å². The van der Waals surface area contributed by atoms with Gasteiger partial charge in [-0.1, -0.05) is 41.4 Å². The number of ether oxygens (including phenoxy) is 2. The van der Waals surface area contributed by atoms with E-state index < -0.39 is 18.5 Å². The summed E-state index contributed by atoms with van der Waals surface area (Å²) in [6.45, 7) is -0.498. The molecule has 0 radical (unpaired) electrons. The van der Waals surface area contributed by atoms with Crippen LogP contribution in [0.3, 0.4) is 0 Å². The summed E-state index contributed by atoms with van der Waals surface area (Å²) in [5, 5.41) is 9.43. The maximum absolute atomic E-state index is 12.1. The minimum absolute atomic E-state index is 0.0532. The molecular formula is C18H11Cl2NO5. The number of halogens is 2. The van der Waals surface area contributed by atoms with Crippen LogP contribution in [0.2, 0.25) is 10.0 Å². The van der Waals surface area contributed by atoms with Gasteiger partial charge in [0.2, 0.25) is 5.90 Å². The molecule has 0 atom stereocenters. The number of carbonyl (C=O) groups is 2. The summed E-state index contributed by atoms with van der Waals surface area (Å²) in [7, 11) is 0. The Labute approximate surface area is 158 Å². The smallest absolute Gasteiger partial charge is 0.363 e. The van der Waals surface area contributed by atoms with Crippen molar-refractivity contribution in [2.45, 2.75) is 0 Å². The highest BCUT2D eigenvalue weighted by Gasteiger charge is 2.25. The lowest BCUT2D eigenvalue weighted by molar-refractivity contribution is -0.139. The summed E-state index contributed by atoms with van der Waals surface area (Å²) in [6, 6.07) is 11.4. The number of carboxylic acid groups (broad SMARTS) is 1. The second-order valence-electron chi connectivity index (χ2n) is 5.19. The zero-order chi connectivity index (χ0) is 18.7. The minimum Gasteiger partial charge on any atom is -0.481 e. The molecule has 8 heteroatoms. The zero-order valence-electron chi connectivity index (χ0n) is 13.1. The molecule has 26 heavy (non-hydrogen) atoms. The van der Waals surface area contributed by atoms with Crippen molar-refractivity contribution in [1.82, 2.24) is 0 Å². The quantitative estimate of drug-likeness (QED) is 0.618. The van der Waals surface area contributed by atoms with Gasteiger partial charge in [-0.3, -0.25) is 0 Å². The number of aliphatic carboxylic acids is 1. The summed E-state index contributed by atoms with van der Waals surface area (Å²) < 4.78 is 10.4. The molecule has 6 nitrogen and oxygen atoms in total. The van der Waals surface area contributed by atoms with E-state index in [2.05, 4.69) is 4.99 Å². The van der Waals surface area contributed by atoms with Gasteiger partial charge in [0, 0.05) is 11.1 Å². The van der Waals surface area contributed by atoms with Gasteiger partial charge in [-0.15, -0.1) is 0 Å². The first-order chi connectivity index (χ1) is 12.4. The second kappa shape index (κ2) is 7.59. The highest BCUT2D eigenvalue weighted by Crippen LogP contribution is 2.27. The molecule has 1 aliphatic heterocycles. The fourth-order valence-electron chi connectivity index (χ4n) is 2.18. The second-order valence-corrected chi connectivity index (χ2v) is 6.00. The third kappa shape index (κ3) is 4.04. The number of para-hydroxylation sites is 1. The van der Waals surface area contributed by atoms with Crippen molar-refractivity contribution < 1.29 is 24.2 Å². The third-order valence-corrected chi connectivity index (χ3v) is 4.09. The Kier molecular flexibility index (Phi) is 5.25. The highest BCUT2D eigenvalue weighted by atomic mass is 35.5. The van der Waals surface area contributed by atoms with Gasteiger partial charge in [0.05, 0.1) is 10.0 Å². The average molecular weight is 392 g/mol. The molecule has 1 heterocycles. The third-order valence-electron chi connectivity index (χ3n) is 3.35. The summed E-state index contributed by atoms with van der Waals surface area (Å²) in [6.07, 6.45) is 1.46. The molecular weight excluding hydrogens is 381 g/mol. The van der Waals surface area contributed by atoms with E-state index in [0.717, 1.165) is 0 Å². The summed E-state index contributed by atoms with van der Waals surface area (Å²) >= 11 is 11.8. The Balaban J connectivity index is 1.91. The summed E-state index contributed by atoms with van der Waals surface area (Å²) in [5.41, 5.74) is 1.06. The number of rotatable bonds is 5. The number of hydrogen-bond donors (Lipinski definition) is 1. The van der Waals surface area contributed by atoms with Crippen molar-refractivity contribution in [2.24, 2.45) is 4.99 Å². The Hall–Kier alpha value is -2.83. The van der Waals surface area contributed by atoms with Gasteiger partial charge in [-0.2, -0.15) is 0 Å². The van der Waals surface area contributed by atoms with Crippen LogP contribution in [0.4, 0.5) is 0 Å². The van der Waals surface area contributed by atoms with Gasteiger partial charge in [0.15, 0.2) is 12.3 Å². The first-order valence-electron chi connectivity index (χ1n) is 7.35. The Morgan fingerprint density at radius 3 is 2.69 bits per heavy atom. The molecule has 3 rings (SSSR count). The van der Waals surface area contributed by atoms with Crippen LogP contribution in [0.25, 0.3) is 6.08 Å². The van der Waals surface area contributed by atoms with Crippen LogP contribution >= 0.6 is 23.2 Å². The number of benzene rings is 2. The van der Waals surface area contributed by atoms with Crippen LogP contribution in [-0.4, -0.2) is 29.5 Å². The molecule has 0 unspecified atom stereocenters. The fourth-order valence-corrected chi connectivity index (χ4v) is 2.48. The van der Waals surface area contributed by atoms with Gasteiger partial charge in [-0.25, -0.2) is 14.6 Å². The molecule has 0 saturated heterocycles. The molecule has 2 aromatic rings. The first-order valence-corrected chi connectivity index (χ1v) is 8.11.